The van der Waals surface area contributed by atoms with Gasteiger partial charge in [0, 0.05) is 18.8 Å². The molecule has 0 spiro atoms. The molecule has 0 saturated heterocycles. The quantitative estimate of drug-likeness (QED) is 0.666. The molecule has 2 N–H and O–H groups in total. The molecular weight excluding hydrogens is 372 g/mol. The number of amides is 1. The van der Waals surface area contributed by atoms with Gasteiger partial charge in [-0.25, -0.2) is 9.78 Å². The van der Waals surface area contributed by atoms with Crippen molar-refractivity contribution in [2.75, 3.05) is 0 Å². The number of fused-ring (bicyclic) bond motifs is 1. The summed E-state index contributed by atoms with van der Waals surface area (Å²) in [4.78, 5) is 43.4. The minimum absolute atomic E-state index is 0.0664. The number of hydrogen-bond acceptors (Lipinski definition) is 5. The van der Waals surface area contributed by atoms with Gasteiger partial charge in [-0.05, 0) is 50.5 Å². The highest BCUT2D eigenvalue weighted by molar-refractivity contribution is 5.96. The third kappa shape index (κ3) is 4.06. The molecule has 4 rings (SSSR count). The van der Waals surface area contributed by atoms with Crippen LogP contribution in [0, 0.1) is 0 Å². The molecule has 0 bridgehead atoms. The standard InChI is InChI=1S/C21H22N4O4/c1-12(2)29-16-7-3-13(4-8-16)10-23-19(26)14-9-17-18(22-11-14)25(15-5-6-15)21(28)24-20(17)27/h3-4,7-9,11-12,15H,5-6,10H2,1-2H3,(H,23,26)(H,24,27,28). The van der Waals surface area contributed by atoms with E-state index in [1.54, 1.807) is 0 Å². The van der Waals surface area contributed by atoms with Gasteiger partial charge in [0.25, 0.3) is 11.5 Å². The van der Waals surface area contributed by atoms with Gasteiger partial charge < -0.3 is 10.1 Å². The van der Waals surface area contributed by atoms with Crippen LogP contribution in [-0.2, 0) is 6.54 Å². The molecule has 8 heteroatoms. The Morgan fingerprint density at radius 3 is 2.66 bits per heavy atom. The summed E-state index contributed by atoms with van der Waals surface area (Å²) in [7, 11) is 0. The zero-order valence-corrected chi connectivity index (χ0v) is 16.3. The maximum atomic E-state index is 12.5. The second kappa shape index (κ2) is 7.54. The van der Waals surface area contributed by atoms with Crippen LogP contribution in [0.4, 0.5) is 0 Å². The minimum Gasteiger partial charge on any atom is -0.491 e. The third-order valence-electron chi connectivity index (χ3n) is 4.70. The molecule has 150 valence electrons. The van der Waals surface area contributed by atoms with E-state index in [-0.39, 0.29) is 29.0 Å². The first kappa shape index (κ1) is 18.9. The number of pyridine rings is 1. The van der Waals surface area contributed by atoms with Crippen molar-refractivity contribution in [3.8, 4) is 5.75 Å². The summed E-state index contributed by atoms with van der Waals surface area (Å²) >= 11 is 0. The van der Waals surface area contributed by atoms with Crippen LogP contribution in [0.15, 0.2) is 46.1 Å². The van der Waals surface area contributed by atoms with E-state index in [4.69, 9.17) is 4.74 Å². The number of ether oxygens (including phenoxy) is 1. The fourth-order valence-electron chi connectivity index (χ4n) is 3.18. The number of carbonyl (C=O) groups excluding carboxylic acids is 1. The van der Waals surface area contributed by atoms with E-state index in [0.717, 1.165) is 24.2 Å². The molecule has 1 fully saturated rings. The molecule has 29 heavy (non-hydrogen) atoms. The molecule has 2 heterocycles. The van der Waals surface area contributed by atoms with Gasteiger partial charge in [-0.3, -0.25) is 19.1 Å². The van der Waals surface area contributed by atoms with Crippen LogP contribution < -0.4 is 21.3 Å². The Labute approximate surface area is 166 Å². The average molecular weight is 394 g/mol. The number of aromatic nitrogens is 3. The molecule has 1 aromatic carbocycles. The largest absolute Gasteiger partial charge is 0.491 e. The monoisotopic (exact) mass is 394 g/mol. The number of rotatable bonds is 6. The topological polar surface area (TPSA) is 106 Å². The van der Waals surface area contributed by atoms with E-state index in [1.807, 2.05) is 38.1 Å². The van der Waals surface area contributed by atoms with Crippen molar-refractivity contribution >= 4 is 16.9 Å². The zero-order chi connectivity index (χ0) is 20.5. The van der Waals surface area contributed by atoms with Gasteiger partial charge in [0.1, 0.15) is 11.4 Å². The Hall–Kier alpha value is -3.42. The van der Waals surface area contributed by atoms with E-state index < -0.39 is 11.2 Å². The highest BCUT2D eigenvalue weighted by Gasteiger charge is 2.27. The van der Waals surface area contributed by atoms with Gasteiger partial charge in [0.2, 0.25) is 0 Å². The zero-order valence-electron chi connectivity index (χ0n) is 16.3. The van der Waals surface area contributed by atoms with Gasteiger partial charge in [0.05, 0.1) is 17.1 Å². The smallest absolute Gasteiger partial charge is 0.330 e. The first-order valence-electron chi connectivity index (χ1n) is 9.61. The lowest BCUT2D eigenvalue weighted by atomic mass is 10.2. The predicted molar refractivity (Wildman–Crippen MR) is 108 cm³/mol. The van der Waals surface area contributed by atoms with Crippen LogP contribution in [0.5, 0.6) is 5.75 Å². The minimum atomic E-state index is -0.537. The van der Waals surface area contributed by atoms with Crippen molar-refractivity contribution in [1.29, 1.82) is 0 Å². The highest BCUT2D eigenvalue weighted by Crippen LogP contribution is 2.34. The lowest BCUT2D eigenvalue weighted by molar-refractivity contribution is 0.0950. The van der Waals surface area contributed by atoms with Gasteiger partial charge in [0.15, 0.2) is 0 Å². The number of benzene rings is 1. The first-order chi connectivity index (χ1) is 13.9. The van der Waals surface area contributed by atoms with Crippen LogP contribution in [-0.4, -0.2) is 26.5 Å². The van der Waals surface area contributed by atoms with Crippen LogP contribution >= 0.6 is 0 Å². The van der Waals surface area contributed by atoms with Crippen molar-refractivity contribution in [2.45, 2.75) is 45.4 Å². The van der Waals surface area contributed by atoms with Crippen molar-refractivity contribution in [3.63, 3.8) is 0 Å². The van der Waals surface area contributed by atoms with Gasteiger partial charge in [-0.1, -0.05) is 12.1 Å². The summed E-state index contributed by atoms with van der Waals surface area (Å²) in [5, 5.41) is 3.06. The van der Waals surface area contributed by atoms with Gasteiger partial charge in [-0.15, -0.1) is 0 Å². The fourth-order valence-corrected chi connectivity index (χ4v) is 3.18. The molecule has 8 nitrogen and oxygen atoms in total. The molecule has 0 atom stereocenters. The van der Waals surface area contributed by atoms with E-state index in [1.165, 1.54) is 16.8 Å². The molecule has 1 aliphatic carbocycles. The Morgan fingerprint density at radius 2 is 2.00 bits per heavy atom. The normalized spacial score (nSPS) is 13.6. The van der Waals surface area contributed by atoms with Crippen LogP contribution in [0.2, 0.25) is 0 Å². The number of nitrogens with zero attached hydrogens (tertiary/aromatic N) is 2. The van der Waals surface area contributed by atoms with Crippen LogP contribution in [0.3, 0.4) is 0 Å². The Bertz CT molecular complexity index is 1170. The van der Waals surface area contributed by atoms with E-state index in [9.17, 15) is 14.4 Å². The molecule has 0 aliphatic heterocycles. The number of aromatic amines is 1. The summed E-state index contributed by atoms with van der Waals surface area (Å²) < 4.78 is 7.10. The number of hydrogen-bond donors (Lipinski definition) is 2. The summed E-state index contributed by atoms with van der Waals surface area (Å²) in [5.41, 5.74) is 0.510. The Kier molecular flexibility index (Phi) is 4.92. The van der Waals surface area contributed by atoms with E-state index in [2.05, 4.69) is 15.3 Å². The van der Waals surface area contributed by atoms with E-state index >= 15 is 0 Å². The van der Waals surface area contributed by atoms with Gasteiger partial charge >= 0.3 is 5.69 Å². The SMILES string of the molecule is CC(C)Oc1ccc(CNC(=O)c2cnc3c(c2)c(=O)[nH]c(=O)n3C2CC2)cc1. The second-order valence-corrected chi connectivity index (χ2v) is 7.45. The summed E-state index contributed by atoms with van der Waals surface area (Å²) in [6.07, 6.45) is 3.26. The maximum absolute atomic E-state index is 12.5. The average Bonchev–Trinajstić information content (AvgIpc) is 3.51. The van der Waals surface area contributed by atoms with Crippen molar-refractivity contribution in [3.05, 3.63) is 68.5 Å². The Morgan fingerprint density at radius 1 is 1.28 bits per heavy atom. The van der Waals surface area contributed by atoms with Crippen molar-refractivity contribution in [2.24, 2.45) is 0 Å². The highest BCUT2D eigenvalue weighted by atomic mass is 16.5. The fraction of sp³-hybridized carbons (Fsp3) is 0.333. The molecule has 1 aliphatic rings. The number of carbonyl (C=O) groups is 1. The maximum Gasteiger partial charge on any atom is 0.330 e. The van der Waals surface area contributed by atoms with Crippen LogP contribution in [0.25, 0.3) is 11.0 Å². The lowest BCUT2D eigenvalue weighted by Crippen LogP contribution is -2.31. The summed E-state index contributed by atoms with van der Waals surface area (Å²) in [5.74, 6) is 0.431. The number of nitrogens with one attached hydrogen (secondary N) is 2. The van der Waals surface area contributed by atoms with Crippen molar-refractivity contribution in [1.82, 2.24) is 19.9 Å². The molecular formula is C21H22N4O4. The summed E-state index contributed by atoms with van der Waals surface area (Å²) in [6, 6.07) is 9.03. The predicted octanol–water partition coefficient (Wildman–Crippen LogP) is 2.14. The third-order valence-corrected chi connectivity index (χ3v) is 4.70. The van der Waals surface area contributed by atoms with Crippen molar-refractivity contribution < 1.29 is 9.53 Å². The molecule has 1 amide bonds. The second-order valence-electron chi connectivity index (χ2n) is 7.45. The lowest BCUT2D eigenvalue weighted by Gasteiger charge is -2.11. The molecule has 3 aromatic rings. The Balaban J connectivity index is 1.51. The molecule has 1 saturated carbocycles. The van der Waals surface area contributed by atoms with Gasteiger partial charge in [-0.2, -0.15) is 0 Å². The molecule has 0 radical (unpaired) electrons. The van der Waals surface area contributed by atoms with E-state index in [0.29, 0.717) is 12.2 Å². The first-order valence-corrected chi connectivity index (χ1v) is 9.61. The number of H-pyrrole nitrogens is 1. The molecule has 2 aromatic heterocycles. The van der Waals surface area contributed by atoms with Crippen LogP contribution in [0.1, 0.15) is 48.7 Å². The molecule has 0 unspecified atom stereocenters. The summed E-state index contributed by atoms with van der Waals surface area (Å²) in [6.45, 7) is 4.25.